The Bertz CT molecular complexity index is 354. The summed E-state index contributed by atoms with van der Waals surface area (Å²) in [6, 6.07) is 0.718. The predicted molar refractivity (Wildman–Crippen MR) is 71.0 cm³/mol. The molecule has 0 spiro atoms. The number of hydrogen-bond acceptors (Lipinski definition) is 2. The van der Waals surface area contributed by atoms with E-state index < -0.39 is 0 Å². The van der Waals surface area contributed by atoms with Crippen LogP contribution in [-0.4, -0.2) is 22.4 Å². The molecule has 0 aromatic carbocycles. The van der Waals surface area contributed by atoms with Crippen molar-refractivity contribution in [3.05, 3.63) is 18.0 Å². The largest absolute Gasteiger partial charge is 0.314 e. The van der Waals surface area contributed by atoms with Gasteiger partial charge in [0.15, 0.2) is 0 Å². The Morgan fingerprint density at radius 1 is 1.53 bits per heavy atom. The molecule has 1 atom stereocenters. The van der Waals surface area contributed by atoms with Crippen molar-refractivity contribution in [2.45, 2.75) is 52.0 Å². The highest BCUT2D eigenvalue weighted by molar-refractivity contribution is 5.04. The highest BCUT2D eigenvalue weighted by Gasteiger charge is 2.27. The molecule has 1 saturated carbocycles. The van der Waals surface area contributed by atoms with E-state index >= 15 is 0 Å². The maximum absolute atomic E-state index is 4.19. The lowest BCUT2D eigenvalue weighted by atomic mass is 9.75. The van der Waals surface area contributed by atoms with Crippen LogP contribution in [0.15, 0.2) is 12.4 Å². The Morgan fingerprint density at radius 2 is 2.35 bits per heavy atom. The van der Waals surface area contributed by atoms with Crippen molar-refractivity contribution in [3.63, 3.8) is 0 Å². The minimum Gasteiger partial charge on any atom is -0.314 e. The summed E-state index contributed by atoms with van der Waals surface area (Å²) in [5.74, 6) is 0. The molecule has 0 saturated heterocycles. The van der Waals surface area contributed by atoms with Crippen molar-refractivity contribution < 1.29 is 0 Å². The molecule has 1 unspecified atom stereocenters. The van der Waals surface area contributed by atoms with Gasteiger partial charge in [0.05, 0.1) is 6.20 Å². The van der Waals surface area contributed by atoms with Crippen LogP contribution in [0.4, 0.5) is 0 Å². The van der Waals surface area contributed by atoms with Gasteiger partial charge in [-0.1, -0.05) is 20.3 Å². The van der Waals surface area contributed by atoms with E-state index in [-0.39, 0.29) is 0 Å². The fraction of sp³-hybridized carbons (Fsp3) is 0.786. The van der Waals surface area contributed by atoms with Crippen molar-refractivity contribution in [3.8, 4) is 0 Å². The standard InChI is InChI=1S/C14H25N3/c1-14(2)7-4-5-13(9-14)15-8-6-12-10-16-17(3)11-12/h10-11,13,15H,4-9H2,1-3H3. The number of aryl methyl sites for hydroxylation is 1. The van der Waals surface area contributed by atoms with E-state index in [9.17, 15) is 0 Å². The van der Waals surface area contributed by atoms with Crippen molar-refractivity contribution in [1.82, 2.24) is 15.1 Å². The summed E-state index contributed by atoms with van der Waals surface area (Å²) >= 11 is 0. The van der Waals surface area contributed by atoms with Crippen molar-refractivity contribution in [1.29, 1.82) is 0 Å². The zero-order chi connectivity index (χ0) is 12.3. The molecule has 3 heteroatoms. The van der Waals surface area contributed by atoms with Crippen molar-refractivity contribution in [2.24, 2.45) is 12.5 Å². The molecule has 2 rings (SSSR count). The maximum atomic E-state index is 4.19. The van der Waals surface area contributed by atoms with Crippen LogP contribution in [-0.2, 0) is 13.5 Å². The van der Waals surface area contributed by atoms with Gasteiger partial charge in [0.1, 0.15) is 0 Å². The van der Waals surface area contributed by atoms with Crippen LogP contribution in [0.1, 0.15) is 45.1 Å². The summed E-state index contributed by atoms with van der Waals surface area (Å²) in [6.45, 7) is 5.86. The first-order valence-corrected chi connectivity index (χ1v) is 6.76. The van der Waals surface area contributed by atoms with Gasteiger partial charge in [-0.25, -0.2) is 0 Å². The van der Waals surface area contributed by atoms with Crippen LogP contribution in [0.25, 0.3) is 0 Å². The minimum atomic E-state index is 0.532. The van der Waals surface area contributed by atoms with Gasteiger partial charge in [-0.05, 0) is 43.2 Å². The fourth-order valence-electron chi connectivity index (χ4n) is 2.89. The number of rotatable bonds is 4. The third-order valence-corrected chi connectivity index (χ3v) is 3.81. The van der Waals surface area contributed by atoms with Gasteiger partial charge in [-0.15, -0.1) is 0 Å². The Labute approximate surface area is 105 Å². The van der Waals surface area contributed by atoms with Crippen LogP contribution < -0.4 is 5.32 Å². The van der Waals surface area contributed by atoms with Crippen LogP contribution in [0.2, 0.25) is 0 Å². The zero-order valence-electron chi connectivity index (χ0n) is 11.4. The molecule has 1 fully saturated rings. The summed E-state index contributed by atoms with van der Waals surface area (Å²) in [6.07, 6.45) is 10.6. The van der Waals surface area contributed by atoms with Gasteiger partial charge in [0, 0.05) is 19.3 Å². The smallest absolute Gasteiger partial charge is 0.0522 e. The molecule has 0 amide bonds. The number of nitrogens with one attached hydrogen (secondary N) is 1. The van der Waals surface area contributed by atoms with Crippen LogP contribution in [0.3, 0.4) is 0 Å². The fourth-order valence-corrected chi connectivity index (χ4v) is 2.89. The Hall–Kier alpha value is -0.830. The normalized spacial score (nSPS) is 23.8. The maximum Gasteiger partial charge on any atom is 0.0522 e. The molecular formula is C14H25N3. The Kier molecular flexibility index (Phi) is 3.87. The van der Waals surface area contributed by atoms with Crippen molar-refractivity contribution in [2.75, 3.05) is 6.54 Å². The van der Waals surface area contributed by atoms with E-state index in [4.69, 9.17) is 0 Å². The van der Waals surface area contributed by atoms with Gasteiger partial charge in [-0.3, -0.25) is 4.68 Å². The molecule has 1 aliphatic rings. The van der Waals surface area contributed by atoms with E-state index in [1.807, 2.05) is 17.9 Å². The average molecular weight is 235 g/mol. The molecule has 1 aromatic heterocycles. The lowest BCUT2D eigenvalue weighted by Crippen LogP contribution is -2.38. The topological polar surface area (TPSA) is 29.9 Å². The molecule has 1 N–H and O–H groups in total. The molecular weight excluding hydrogens is 210 g/mol. The van der Waals surface area contributed by atoms with Crippen LogP contribution in [0, 0.1) is 5.41 Å². The highest BCUT2D eigenvalue weighted by atomic mass is 15.2. The summed E-state index contributed by atoms with van der Waals surface area (Å²) in [4.78, 5) is 0. The first-order valence-electron chi connectivity index (χ1n) is 6.76. The second kappa shape index (κ2) is 5.21. The van der Waals surface area contributed by atoms with Gasteiger partial charge in [-0.2, -0.15) is 5.10 Å². The SMILES string of the molecule is Cn1cc(CCNC2CCCC(C)(C)C2)cn1. The molecule has 3 nitrogen and oxygen atoms in total. The van der Waals surface area contributed by atoms with Gasteiger partial charge < -0.3 is 5.32 Å². The molecule has 0 bridgehead atoms. The first-order chi connectivity index (χ1) is 8.05. The number of aromatic nitrogens is 2. The van der Waals surface area contributed by atoms with E-state index in [0.29, 0.717) is 5.41 Å². The first kappa shape index (κ1) is 12.6. The van der Waals surface area contributed by atoms with E-state index in [1.54, 1.807) is 0 Å². The molecule has 1 aliphatic carbocycles. The third-order valence-electron chi connectivity index (χ3n) is 3.81. The molecule has 1 heterocycles. The molecule has 0 aliphatic heterocycles. The second-order valence-corrected chi connectivity index (χ2v) is 6.18. The zero-order valence-corrected chi connectivity index (χ0v) is 11.4. The van der Waals surface area contributed by atoms with Crippen LogP contribution in [0.5, 0.6) is 0 Å². The Balaban J connectivity index is 1.71. The molecule has 0 radical (unpaired) electrons. The number of nitrogens with zero attached hydrogens (tertiary/aromatic N) is 2. The van der Waals surface area contributed by atoms with E-state index in [2.05, 4.69) is 30.5 Å². The van der Waals surface area contributed by atoms with E-state index in [1.165, 1.54) is 31.2 Å². The van der Waals surface area contributed by atoms with Gasteiger partial charge in [0.25, 0.3) is 0 Å². The Morgan fingerprint density at radius 3 is 3.00 bits per heavy atom. The van der Waals surface area contributed by atoms with Crippen molar-refractivity contribution >= 4 is 0 Å². The predicted octanol–water partition coefficient (Wildman–Crippen LogP) is 2.52. The lowest BCUT2D eigenvalue weighted by molar-refractivity contribution is 0.199. The van der Waals surface area contributed by atoms with Crippen LogP contribution >= 0.6 is 0 Å². The second-order valence-electron chi connectivity index (χ2n) is 6.18. The summed E-state index contributed by atoms with van der Waals surface area (Å²) in [7, 11) is 1.97. The monoisotopic (exact) mass is 235 g/mol. The third kappa shape index (κ3) is 3.84. The number of hydrogen-bond donors (Lipinski definition) is 1. The van der Waals surface area contributed by atoms with E-state index in [0.717, 1.165) is 19.0 Å². The minimum absolute atomic E-state index is 0.532. The average Bonchev–Trinajstić information content (AvgIpc) is 2.63. The molecule has 96 valence electrons. The quantitative estimate of drug-likeness (QED) is 0.869. The highest BCUT2D eigenvalue weighted by Crippen LogP contribution is 2.34. The molecule has 17 heavy (non-hydrogen) atoms. The summed E-state index contributed by atoms with van der Waals surface area (Å²) in [5.41, 5.74) is 1.86. The lowest BCUT2D eigenvalue weighted by Gasteiger charge is -2.35. The summed E-state index contributed by atoms with van der Waals surface area (Å²) in [5, 5.41) is 7.89. The van der Waals surface area contributed by atoms with Gasteiger partial charge in [0.2, 0.25) is 0 Å². The summed E-state index contributed by atoms with van der Waals surface area (Å²) < 4.78 is 1.87. The molecule has 1 aromatic rings. The van der Waals surface area contributed by atoms with Gasteiger partial charge >= 0.3 is 0 Å².